The van der Waals surface area contributed by atoms with Gasteiger partial charge in [-0.1, -0.05) is 36.4 Å². The van der Waals surface area contributed by atoms with Crippen molar-refractivity contribution in [3.05, 3.63) is 71.6 Å². The molecule has 1 saturated carbocycles. The second-order valence-electron chi connectivity index (χ2n) is 8.75. The van der Waals surface area contributed by atoms with Crippen LogP contribution in [0.15, 0.2) is 59.6 Å². The zero-order chi connectivity index (χ0) is 23.4. The van der Waals surface area contributed by atoms with Gasteiger partial charge in [0.25, 0.3) is 0 Å². The van der Waals surface area contributed by atoms with E-state index in [1.807, 2.05) is 43.3 Å². The van der Waals surface area contributed by atoms with Crippen LogP contribution in [0.3, 0.4) is 0 Å². The van der Waals surface area contributed by atoms with Crippen molar-refractivity contribution in [3.8, 4) is 0 Å². The van der Waals surface area contributed by atoms with Crippen LogP contribution >= 0.6 is 0 Å². The lowest BCUT2D eigenvalue weighted by molar-refractivity contribution is -0.130. The number of halogens is 1. The molecule has 6 heteroatoms. The summed E-state index contributed by atoms with van der Waals surface area (Å²) < 4.78 is 19.1. The number of rotatable bonds is 6. The molecule has 0 bridgehead atoms. The Morgan fingerprint density at radius 3 is 2.58 bits per heavy atom. The fourth-order valence-electron chi connectivity index (χ4n) is 5.13. The van der Waals surface area contributed by atoms with E-state index in [1.54, 1.807) is 6.07 Å². The maximum absolute atomic E-state index is 13.9. The first-order valence-corrected chi connectivity index (χ1v) is 11.5. The molecule has 4 rings (SSSR count). The van der Waals surface area contributed by atoms with E-state index in [9.17, 15) is 14.0 Å². The van der Waals surface area contributed by atoms with Crippen molar-refractivity contribution in [2.24, 2.45) is 16.8 Å². The van der Waals surface area contributed by atoms with Crippen molar-refractivity contribution in [1.82, 2.24) is 4.90 Å². The Bertz CT molecular complexity index is 1060. The number of nitrogens with zero attached hydrogens (tertiary/aromatic N) is 2. The zero-order valence-electron chi connectivity index (χ0n) is 18.9. The monoisotopic (exact) mass is 448 g/mol. The first-order valence-electron chi connectivity index (χ1n) is 11.5. The summed E-state index contributed by atoms with van der Waals surface area (Å²) in [5.74, 6) is 0.0181. The minimum absolute atomic E-state index is 0.177. The van der Waals surface area contributed by atoms with E-state index in [2.05, 4.69) is 11.7 Å². The molecule has 33 heavy (non-hydrogen) atoms. The van der Waals surface area contributed by atoms with Crippen LogP contribution in [0.5, 0.6) is 0 Å². The summed E-state index contributed by atoms with van der Waals surface area (Å²) in [5.41, 5.74) is 3.45. The molecule has 1 aliphatic carbocycles. The van der Waals surface area contributed by atoms with Crippen LogP contribution in [0.4, 0.5) is 14.9 Å². The van der Waals surface area contributed by atoms with E-state index >= 15 is 0 Å². The number of benzene rings is 2. The lowest BCUT2D eigenvalue weighted by atomic mass is 9.75. The van der Waals surface area contributed by atoms with Gasteiger partial charge in [0.05, 0.1) is 5.69 Å². The number of allylic oxidation sites excluding steroid dienone is 2. The average molecular weight is 449 g/mol. The Balaban J connectivity index is 1.40. The second kappa shape index (κ2) is 10.1. The fourth-order valence-corrected chi connectivity index (χ4v) is 5.13. The summed E-state index contributed by atoms with van der Waals surface area (Å²) in [7, 11) is 0. The Morgan fingerprint density at radius 2 is 1.91 bits per heavy atom. The van der Waals surface area contributed by atoms with E-state index < -0.39 is 6.09 Å². The molecular weight excluding hydrogens is 419 g/mol. The summed E-state index contributed by atoms with van der Waals surface area (Å²) in [5, 5.41) is 0. The van der Waals surface area contributed by atoms with E-state index in [0.29, 0.717) is 12.1 Å². The minimum atomic E-state index is -0.561. The molecule has 0 radical (unpaired) electrons. The number of hydrogen-bond acceptors (Lipinski definition) is 4. The van der Waals surface area contributed by atoms with Gasteiger partial charge in [0.2, 0.25) is 5.91 Å². The topological polar surface area (TPSA) is 59.0 Å². The van der Waals surface area contributed by atoms with Crippen molar-refractivity contribution in [3.63, 3.8) is 0 Å². The Morgan fingerprint density at radius 1 is 1.18 bits per heavy atom. The molecule has 5 nitrogen and oxygen atoms in total. The van der Waals surface area contributed by atoms with E-state index in [4.69, 9.17) is 4.74 Å². The standard InChI is InChI=1S/C27H29FN2O3/c1-3-22(23-16-21(28)13-14-24(23)29-2)19-11-9-18(10-12-19)15-26(31)30-25(17-33-27(30)32)20-7-5-4-6-8-20/h3-8,13-14,16,18-19,25H,2,9-12,15,17H2,1H3/b22-3-/t18?,19?,25-/m0/s1. The van der Waals surface area contributed by atoms with Crippen LogP contribution in [0.1, 0.15) is 56.2 Å². The fraction of sp³-hybridized carbons (Fsp3) is 0.370. The molecule has 2 aromatic carbocycles. The van der Waals surface area contributed by atoms with Crippen LogP contribution in [-0.4, -0.2) is 30.2 Å². The van der Waals surface area contributed by atoms with E-state index in [1.165, 1.54) is 17.0 Å². The molecule has 2 aromatic rings. The highest BCUT2D eigenvalue weighted by molar-refractivity contribution is 5.93. The van der Waals surface area contributed by atoms with Crippen LogP contribution in [0, 0.1) is 17.7 Å². The molecule has 1 atom stereocenters. The number of imide groups is 1. The maximum atomic E-state index is 13.9. The highest BCUT2D eigenvalue weighted by Crippen LogP contribution is 2.42. The predicted octanol–water partition coefficient (Wildman–Crippen LogP) is 6.48. The molecule has 1 aliphatic heterocycles. The Labute approximate surface area is 194 Å². The molecule has 2 fully saturated rings. The number of amides is 2. The van der Waals surface area contributed by atoms with Crippen molar-refractivity contribution < 1.29 is 18.7 Å². The molecule has 1 saturated heterocycles. The van der Waals surface area contributed by atoms with Gasteiger partial charge < -0.3 is 4.74 Å². The number of ether oxygens (including phenoxy) is 1. The summed E-state index contributed by atoms with van der Waals surface area (Å²) in [6, 6.07) is 13.7. The summed E-state index contributed by atoms with van der Waals surface area (Å²) >= 11 is 0. The zero-order valence-corrected chi connectivity index (χ0v) is 18.9. The number of carbonyl (C=O) groups excluding carboxylic acids is 2. The van der Waals surface area contributed by atoms with Gasteiger partial charge in [-0.2, -0.15) is 0 Å². The molecule has 1 heterocycles. The Hall–Kier alpha value is -3.28. The first kappa shape index (κ1) is 22.9. The van der Waals surface area contributed by atoms with Crippen LogP contribution < -0.4 is 0 Å². The van der Waals surface area contributed by atoms with Gasteiger partial charge in [-0.25, -0.2) is 14.1 Å². The van der Waals surface area contributed by atoms with Gasteiger partial charge >= 0.3 is 6.09 Å². The van der Waals surface area contributed by atoms with Gasteiger partial charge in [0, 0.05) is 12.0 Å². The van der Waals surface area contributed by atoms with Crippen LogP contribution in [-0.2, 0) is 9.53 Å². The van der Waals surface area contributed by atoms with Gasteiger partial charge in [0.15, 0.2) is 0 Å². The van der Waals surface area contributed by atoms with E-state index in [-0.39, 0.29) is 36.2 Å². The second-order valence-corrected chi connectivity index (χ2v) is 8.75. The highest BCUT2D eigenvalue weighted by atomic mass is 19.1. The largest absolute Gasteiger partial charge is 0.446 e. The lowest BCUT2D eigenvalue weighted by Crippen LogP contribution is -2.35. The smallest absolute Gasteiger partial charge is 0.417 e. The SMILES string of the molecule is C=Nc1ccc(F)cc1/C(=C\C)C1CCC(CC(=O)N2C(=O)OC[C@H]2c2ccccc2)CC1. The average Bonchev–Trinajstić information content (AvgIpc) is 3.23. The van der Waals surface area contributed by atoms with Gasteiger partial charge in [-0.15, -0.1) is 0 Å². The molecule has 0 unspecified atom stereocenters. The number of aliphatic imine (C=N–C) groups is 1. The molecule has 2 aliphatic rings. The summed E-state index contributed by atoms with van der Waals surface area (Å²) in [6.07, 6.45) is 5.35. The van der Waals surface area contributed by atoms with Crippen molar-refractivity contribution in [2.75, 3.05) is 6.61 Å². The summed E-state index contributed by atoms with van der Waals surface area (Å²) in [6.45, 7) is 5.78. The van der Waals surface area contributed by atoms with Gasteiger partial charge in [-0.05, 0) is 80.5 Å². The van der Waals surface area contributed by atoms with Crippen LogP contribution in [0.25, 0.3) is 5.57 Å². The third kappa shape index (κ3) is 4.90. The minimum Gasteiger partial charge on any atom is -0.446 e. The maximum Gasteiger partial charge on any atom is 0.417 e. The predicted molar refractivity (Wildman–Crippen MR) is 127 cm³/mol. The number of hydrogen-bond donors (Lipinski definition) is 0. The van der Waals surface area contributed by atoms with Crippen molar-refractivity contribution in [2.45, 2.75) is 45.1 Å². The number of cyclic esters (lactones) is 1. The van der Waals surface area contributed by atoms with Crippen molar-refractivity contribution in [1.29, 1.82) is 0 Å². The van der Waals surface area contributed by atoms with Crippen molar-refractivity contribution >= 4 is 30.0 Å². The molecule has 0 spiro atoms. The molecule has 0 aromatic heterocycles. The Kier molecular flexibility index (Phi) is 7.02. The van der Waals surface area contributed by atoms with E-state index in [0.717, 1.165) is 42.4 Å². The third-order valence-corrected chi connectivity index (χ3v) is 6.83. The van der Waals surface area contributed by atoms with Crippen LogP contribution in [0.2, 0.25) is 0 Å². The molecule has 2 amide bonds. The number of carbonyl (C=O) groups is 2. The first-order chi connectivity index (χ1) is 16.0. The lowest BCUT2D eigenvalue weighted by Gasteiger charge is -2.31. The van der Waals surface area contributed by atoms with Gasteiger partial charge in [0.1, 0.15) is 18.5 Å². The molecule has 172 valence electrons. The third-order valence-electron chi connectivity index (χ3n) is 6.83. The quantitative estimate of drug-likeness (QED) is 0.475. The molecule has 0 N–H and O–H groups in total. The highest BCUT2D eigenvalue weighted by Gasteiger charge is 2.39. The normalized spacial score (nSPS) is 23.3. The molecular formula is C27H29FN2O3. The summed E-state index contributed by atoms with van der Waals surface area (Å²) in [4.78, 5) is 30.7. The van der Waals surface area contributed by atoms with Gasteiger partial charge in [-0.3, -0.25) is 9.79 Å².